The molecule has 3 atom stereocenters. The van der Waals surface area contributed by atoms with E-state index in [1.165, 1.54) is 40.6 Å². The van der Waals surface area contributed by atoms with E-state index < -0.39 is 6.04 Å². The van der Waals surface area contributed by atoms with E-state index >= 15 is 0 Å². The quantitative estimate of drug-likeness (QED) is 0.296. The summed E-state index contributed by atoms with van der Waals surface area (Å²) in [5.74, 6) is 0.684. The SMILES string of the molecule is Cc1cccc(CCC2CC(C(=O)Nc3ccc(Oc4ccc(F)cc4)cc3)[N+](C)(C(=O)Cn3cncn3)C2)c1. The van der Waals surface area contributed by atoms with Gasteiger partial charge in [-0.3, -0.25) is 9.28 Å². The van der Waals surface area contributed by atoms with Crippen molar-refractivity contribution >= 4 is 17.5 Å². The van der Waals surface area contributed by atoms with Crippen LogP contribution in [0.5, 0.6) is 11.5 Å². The fraction of sp³-hybridized carbons (Fsp3) is 0.290. The number of aromatic nitrogens is 3. The van der Waals surface area contributed by atoms with Crippen molar-refractivity contribution in [3.05, 3.63) is 102 Å². The number of carbonyl (C=O) groups is 2. The van der Waals surface area contributed by atoms with Crippen molar-refractivity contribution in [2.24, 2.45) is 5.92 Å². The van der Waals surface area contributed by atoms with Gasteiger partial charge in [0, 0.05) is 18.0 Å². The van der Waals surface area contributed by atoms with Crippen LogP contribution in [0.25, 0.3) is 0 Å². The standard InChI is InChI=1S/C31H32FN5O3/c1-22-4-3-5-23(16-22)6-7-24-17-29(37(2,19-24)30(38)18-36-21-33-20-34-36)31(39)35-26-10-14-28(15-11-26)40-27-12-8-25(32)9-13-27/h3-5,8-16,20-21,24,29H,6-7,17-19H2,1-2H3/p+1. The number of anilines is 1. The molecular weight excluding hydrogens is 509 g/mol. The lowest BCUT2D eigenvalue weighted by Gasteiger charge is -2.32. The Bertz CT molecular complexity index is 1460. The molecule has 0 saturated carbocycles. The number of benzene rings is 3. The van der Waals surface area contributed by atoms with E-state index in [-0.39, 0.29) is 34.6 Å². The monoisotopic (exact) mass is 542 g/mol. The lowest BCUT2D eigenvalue weighted by atomic mass is 9.96. The number of ether oxygens (including phenoxy) is 1. The van der Waals surface area contributed by atoms with Crippen molar-refractivity contribution in [2.45, 2.75) is 38.8 Å². The molecule has 9 heteroatoms. The molecule has 1 saturated heterocycles. The van der Waals surface area contributed by atoms with E-state index in [2.05, 4.69) is 46.6 Å². The van der Waals surface area contributed by atoms with Crippen LogP contribution in [0.3, 0.4) is 0 Å². The van der Waals surface area contributed by atoms with Gasteiger partial charge in [0.25, 0.3) is 5.91 Å². The second-order valence-corrected chi connectivity index (χ2v) is 10.7. The zero-order valence-corrected chi connectivity index (χ0v) is 22.7. The molecule has 2 amide bonds. The highest BCUT2D eigenvalue weighted by Crippen LogP contribution is 2.34. The summed E-state index contributed by atoms with van der Waals surface area (Å²) in [6.07, 6.45) is 5.32. The van der Waals surface area contributed by atoms with Gasteiger partial charge in [-0.15, -0.1) is 0 Å². The van der Waals surface area contributed by atoms with Gasteiger partial charge >= 0.3 is 5.91 Å². The molecule has 0 bridgehead atoms. The van der Waals surface area contributed by atoms with E-state index in [0.717, 1.165) is 12.8 Å². The highest BCUT2D eigenvalue weighted by atomic mass is 19.1. The van der Waals surface area contributed by atoms with Gasteiger partial charge in [0.2, 0.25) is 0 Å². The van der Waals surface area contributed by atoms with Gasteiger partial charge in [-0.05, 0) is 73.9 Å². The second kappa shape index (κ2) is 11.8. The maximum Gasteiger partial charge on any atom is 0.335 e. The molecule has 1 N–H and O–H groups in total. The molecule has 8 nitrogen and oxygen atoms in total. The summed E-state index contributed by atoms with van der Waals surface area (Å²) in [4.78, 5) is 31.1. The first-order valence-electron chi connectivity index (χ1n) is 13.4. The molecule has 1 aliphatic rings. The number of hydrogen-bond acceptors (Lipinski definition) is 5. The molecule has 1 aliphatic heterocycles. The van der Waals surface area contributed by atoms with Crippen LogP contribution in [0.4, 0.5) is 10.1 Å². The number of hydrogen-bond donors (Lipinski definition) is 1. The van der Waals surface area contributed by atoms with Crippen molar-refractivity contribution in [3.63, 3.8) is 0 Å². The molecular formula is C31H33FN5O3+. The first-order chi connectivity index (χ1) is 19.3. The predicted molar refractivity (Wildman–Crippen MR) is 149 cm³/mol. The van der Waals surface area contributed by atoms with Gasteiger partial charge in [0.05, 0.1) is 13.6 Å². The molecule has 1 fully saturated rings. The first-order valence-corrected chi connectivity index (χ1v) is 13.4. The van der Waals surface area contributed by atoms with Gasteiger partial charge in [-0.1, -0.05) is 29.8 Å². The Hall–Kier alpha value is -4.37. The fourth-order valence-electron chi connectivity index (χ4n) is 5.46. The van der Waals surface area contributed by atoms with Crippen molar-refractivity contribution in [1.29, 1.82) is 0 Å². The van der Waals surface area contributed by atoms with Crippen LogP contribution in [-0.2, 0) is 22.6 Å². The lowest BCUT2D eigenvalue weighted by Crippen LogP contribution is -2.58. The molecule has 3 unspecified atom stereocenters. The highest BCUT2D eigenvalue weighted by Gasteiger charge is 2.52. The van der Waals surface area contributed by atoms with Crippen LogP contribution < -0.4 is 10.1 Å². The van der Waals surface area contributed by atoms with E-state index in [0.29, 0.717) is 30.2 Å². The minimum Gasteiger partial charge on any atom is -0.457 e. The van der Waals surface area contributed by atoms with Crippen LogP contribution in [0.2, 0.25) is 0 Å². The molecule has 0 aliphatic carbocycles. The molecule has 2 heterocycles. The van der Waals surface area contributed by atoms with Crippen molar-refractivity contribution in [1.82, 2.24) is 14.8 Å². The van der Waals surface area contributed by atoms with E-state index in [9.17, 15) is 14.0 Å². The number of aryl methyl sites for hydroxylation is 2. The Morgan fingerprint density at radius 1 is 1.07 bits per heavy atom. The Balaban J connectivity index is 1.28. The predicted octanol–water partition coefficient (Wildman–Crippen LogP) is 5.15. The smallest absolute Gasteiger partial charge is 0.335 e. The Morgan fingerprint density at radius 2 is 1.80 bits per heavy atom. The average molecular weight is 543 g/mol. The first kappa shape index (κ1) is 27.2. The summed E-state index contributed by atoms with van der Waals surface area (Å²) in [5, 5.41) is 7.09. The largest absolute Gasteiger partial charge is 0.457 e. The summed E-state index contributed by atoms with van der Waals surface area (Å²) in [5.41, 5.74) is 3.09. The van der Waals surface area contributed by atoms with Crippen LogP contribution in [0, 0.1) is 18.7 Å². The van der Waals surface area contributed by atoms with E-state index in [1.807, 2.05) is 7.05 Å². The zero-order chi connectivity index (χ0) is 28.1. The summed E-state index contributed by atoms with van der Waals surface area (Å²) >= 11 is 0. The number of quaternary nitrogens is 1. The number of halogens is 1. The van der Waals surface area contributed by atoms with Gasteiger partial charge in [-0.25, -0.2) is 18.9 Å². The van der Waals surface area contributed by atoms with Crippen molar-refractivity contribution in [2.75, 3.05) is 18.9 Å². The molecule has 206 valence electrons. The third kappa shape index (κ3) is 6.43. The van der Waals surface area contributed by atoms with Gasteiger partial charge < -0.3 is 10.1 Å². The number of nitrogens with one attached hydrogen (secondary N) is 1. The topological polar surface area (TPSA) is 86.1 Å². The molecule has 40 heavy (non-hydrogen) atoms. The average Bonchev–Trinajstić information content (AvgIpc) is 3.58. The second-order valence-electron chi connectivity index (χ2n) is 10.7. The summed E-state index contributed by atoms with van der Waals surface area (Å²) in [6, 6.07) is 20.7. The maximum absolute atomic E-state index is 13.6. The fourth-order valence-corrected chi connectivity index (χ4v) is 5.46. The highest BCUT2D eigenvalue weighted by molar-refractivity contribution is 5.95. The minimum atomic E-state index is -0.534. The molecule has 0 radical (unpaired) electrons. The van der Waals surface area contributed by atoms with Crippen LogP contribution in [-0.4, -0.2) is 50.7 Å². The van der Waals surface area contributed by atoms with Crippen LogP contribution in [0.1, 0.15) is 24.0 Å². The summed E-state index contributed by atoms with van der Waals surface area (Å²) < 4.78 is 20.4. The molecule has 5 rings (SSSR count). The number of nitrogens with zero attached hydrogens (tertiary/aromatic N) is 4. The number of likely N-dealkylation sites (tertiary alicyclic amines) is 1. The van der Waals surface area contributed by atoms with E-state index in [1.54, 1.807) is 36.4 Å². The van der Waals surface area contributed by atoms with Crippen LogP contribution >= 0.6 is 0 Å². The molecule has 3 aromatic carbocycles. The van der Waals surface area contributed by atoms with Gasteiger partial charge in [0.15, 0.2) is 12.6 Å². The summed E-state index contributed by atoms with van der Waals surface area (Å²) in [7, 11) is 1.86. The molecule has 4 aromatic rings. The normalized spacial score (nSPS) is 20.3. The van der Waals surface area contributed by atoms with E-state index in [4.69, 9.17) is 4.74 Å². The zero-order valence-electron chi connectivity index (χ0n) is 22.7. The number of amides is 2. The number of carbonyl (C=O) groups excluding carboxylic acids is 2. The van der Waals surface area contributed by atoms with Crippen molar-refractivity contribution < 1.29 is 23.2 Å². The molecule has 0 spiro atoms. The van der Waals surface area contributed by atoms with Crippen molar-refractivity contribution in [3.8, 4) is 11.5 Å². The summed E-state index contributed by atoms with van der Waals surface area (Å²) in [6.45, 7) is 2.72. The number of likely N-dealkylation sites (N-methyl/N-ethyl adjacent to an activating group) is 1. The lowest BCUT2D eigenvalue weighted by molar-refractivity contribution is -0.839. The molecule has 1 aromatic heterocycles. The third-order valence-electron chi connectivity index (χ3n) is 7.61. The maximum atomic E-state index is 13.6. The minimum absolute atomic E-state index is 0.00986. The Labute approximate surface area is 233 Å². The van der Waals surface area contributed by atoms with Crippen LogP contribution in [0.15, 0.2) is 85.5 Å². The Kier molecular flexibility index (Phi) is 8.02. The number of rotatable bonds is 9. The van der Waals surface area contributed by atoms with Gasteiger partial charge in [-0.2, -0.15) is 5.10 Å². The Morgan fingerprint density at radius 3 is 2.48 bits per heavy atom. The van der Waals surface area contributed by atoms with Gasteiger partial charge in [0.1, 0.15) is 30.0 Å². The third-order valence-corrected chi connectivity index (χ3v) is 7.61.